The zero-order chi connectivity index (χ0) is 13.4. The van der Waals surface area contributed by atoms with Gasteiger partial charge in [0.25, 0.3) is 5.91 Å². The van der Waals surface area contributed by atoms with Gasteiger partial charge in [0.1, 0.15) is 6.61 Å². The van der Waals surface area contributed by atoms with Gasteiger partial charge in [-0.05, 0) is 18.6 Å². The fraction of sp³-hybridized carbons (Fsp3) is 0.385. The number of aryl methyl sites for hydroxylation is 1. The number of benzene rings is 1. The fourth-order valence-corrected chi connectivity index (χ4v) is 1.48. The zero-order valence-corrected chi connectivity index (χ0v) is 10.7. The van der Waals surface area contributed by atoms with E-state index in [2.05, 4.69) is 15.4 Å². The highest BCUT2D eigenvalue weighted by atomic mass is 16.5. The number of carbonyl (C=O) groups is 2. The topological polar surface area (TPSA) is 67.4 Å². The van der Waals surface area contributed by atoms with Gasteiger partial charge in [-0.1, -0.05) is 18.2 Å². The molecule has 0 spiro atoms. The summed E-state index contributed by atoms with van der Waals surface area (Å²) in [4.78, 5) is 22.9. The largest absolute Gasteiger partial charge is 0.375 e. The highest BCUT2D eigenvalue weighted by Gasteiger charge is 2.07. The number of carbonyl (C=O) groups excluding carboxylic acids is 2. The Balaban J connectivity index is 2.30. The van der Waals surface area contributed by atoms with Crippen molar-refractivity contribution in [1.29, 1.82) is 0 Å². The second-order valence-corrected chi connectivity index (χ2v) is 3.85. The van der Waals surface area contributed by atoms with Gasteiger partial charge in [0, 0.05) is 25.8 Å². The van der Waals surface area contributed by atoms with Crippen LogP contribution in [0.1, 0.15) is 15.9 Å². The summed E-state index contributed by atoms with van der Waals surface area (Å²) in [7, 11) is 1.46. The van der Waals surface area contributed by atoms with Crippen molar-refractivity contribution in [1.82, 2.24) is 10.6 Å². The van der Waals surface area contributed by atoms with Crippen molar-refractivity contribution in [2.75, 3.05) is 26.8 Å². The van der Waals surface area contributed by atoms with E-state index in [4.69, 9.17) is 0 Å². The lowest BCUT2D eigenvalue weighted by Gasteiger charge is -2.08. The average Bonchev–Trinajstić information content (AvgIpc) is 2.35. The van der Waals surface area contributed by atoms with E-state index in [1.165, 1.54) is 7.11 Å². The van der Waals surface area contributed by atoms with Gasteiger partial charge in [0.2, 0.25) is 5.91 Å². The van der Waals surface area contributed by atoms with Crippen LogP contribution in [0.5, 0.6) is 0 Å². The molecule has 0 aliphatic heterocycles. The summed E-state index contributed by atoms with van der Waals surface area (Å²) in [6, 6.07) is 7.36. The van der Waals surface area contributed by atoms with E-state index in [1.54, 1.807) is 6.07 Å². The Morgan fingerprint density at radius 2 is 1.83 bits per heavy atom. The van der Waals surface area contributed by atoms with Crippen molar-refractivity contribution in [3.05, 3.63) is 35.4 Å². The zero-order valence-electron chi connectivity index (χ0n) is 10.7. The van der Waals surface area contributed by atoms with E-state index in [0.717, 1.165) is 5.56 Å². The third-order valence-corrected chi connectivity index (χ3v) is 2.40. The summed E-state index contributed by atoms with van der Waals surface area (Å²) < 4.78 is 4.67. The Morgan fingerprint density at radius 3 is 2.50 bits per heavy atom. The predicted octanol–water partition coefficient (Wildman–Crippen LogP) is 0.487. The smallest absolute Gasteiger partial charge is 0.251 e. The molecule has 0 radical (unpaired) electrons. The number of rotatable bonds is 6. The summed E-state index contributed by atoms with van der Waals surface area (Å²) in [5, 5.41) is 5.37. The van der Waals surface area contributed by atoms with Crippen LogP contribution in [0.3, 0.4) is 0 Å². The normalized spacial score (nSPS) is 9.89. The monoisotopic (exact) mass is 250 g/mol. The van der Waals surface area contributed by atoms with Crippen LogP contribution in [0.25, 0.3) is 0 Å². The summed E-state index contributed by atoms with van der Waals surface area (Å²) >= 11 is 0. The van der Waals surface area contributed by atoms with Crippen LogP contribution < -0.4 is 10.6 Å². The van der Waals surface area contributed by atoms with E-state index >= 15 is 0 Å². The molecule has 0 heterocycles. The maximum atomic E-state index is 11.8. The molecule has 0 aliphatic rings. The van der Waals surface area contributed by atoms with Crippen molar-refractivity contribution < 1.29 is 14.3 Å². The molecule has 0 saturated heterocycles. The van der Waals surface area contributed by atoms with E-state index < -0.39 is 0 Å². The number of ether oxygens (including phenoxy) is 1. The molecule has 0 fully saturated rings. The summed E-state index contributed by atoms with van der Waals surface area (Å²) in [6.07, 6.45) is 0. The fourth-order valence-electron chi connectivity index (χ4n) is 1.48. The highest BCUT2D eigenvalue weighted by Crippen LogP contribution is 2.05. The molecule has 0 aromatic heterocycles. The Labute approximate surface area is 107 Å². The van der Waals surface area contributed by atoms with Crippen LogP contribution in [0.2, 0.25) is 0 Å². The van der Waals surface area contributed by atoms with Crippen LogP contribution in [-0.2, 0) is 9.53 Å². The quantitative estimate of drug-likeness (QED) is 0.722. The van der Waals surface area contributed by atoms with E-state index in [1.807, 2.05) is 25.1 Å². The minimum atomic E-state index is -0.192. The summed E-state index contributed by atoms with van der Waals surface area (Å²) in [5.74, 6) is -0.322. The van der Waals surface area contributed by atoms with E-state index in [-0.39, 0.29) is 18.4 Å². The van der Waals surface area contributed by atoms with Gasteiger partial charge in [-0.15, -0.1) is 0 Å². The molecular weight excluding hydrogens is 232 g/mol. The molecule has 0 atom stereocenters. The first-order chi connectivity index (χ1) is 8.65. The van der Waals surface area contributed by atoms with Gasteiger partial charge in [-0.25, -0.2) is 0 Å². The molecule has 5 nitrogen and oxygen atoms in total. The molecule has 2 amide bonds. The Kier molecular flexibility index (Phi) is 5.87. The van der Waals surface area contributed by atoms with Crippen molar-refractivity contribution in [3.63, 3.8) is 0 Å². The molecule has 0 saturated carbocycles. The second kappa shape index (κ2) is 7.45. The molecule has 18 heavy (non-hydrogen) atoms. The van der Waals surface area contributed by atoms with Crippen molar-refractivity contribution in [2.24, 2.45) is 0 Å². The van der Waals surface area contributed by atoms with Gasteiger partial charge in [0.05, 0.1) is 0 Å². The lowest BCUT2D eigenvalue weighted by atomic mass is 10.1. The Morgan fingerprint density at radius 1 is 1.17 bits per heavy atom. The van der Waals surface area contributed by atoms with Crippen LogP contribution in [0.4, 0.5) is 0 Å². The molecule has 0 aliphatic carbocycles. The number of nitrogens with one attached hydrogen (secondary N) is 2. The molecule has 0 bridgehead atoms. The molecule has 98 valence electrons. The minimum absolute atomic E-state index is 0.0335. The maximum absolute atomic E-state index is 11.8. The van der Waals surface area contributed by atoms with Crippen molar-refractivity contribution in [3.8, 4) is 0 Å². The summed E-state index contributed by atoms with van der Waals surface area (Å²) in [5.41, 5.74) is 1.58. The van der Waals surface area contributed by atoms with E-state index in [9.17, 15) is 9.59 Å². The van der Waals surface area contributed by atoms with Crippen molar-refractivity contribution >= 4 is 11.8 Å². The predicted molar refractivity (Wildman–Crippen MR) is 68.4 cm³/mol. The molecule has 0 unspecified atom stereocenters. The minimum Gasteiger partial charge on any atom is -0.375 e. The van der Waals surface area contributed by atoms with Crippen molar-refractivity contribution in [2.45, 2.75) is 6.92 Å². The number of amides is 2. The standard InChI is InChI=1S/C13H18N2O3/c1-10-5-3-4-6-11(10)13(17)15-8-7-14-12(16)9-18-2/h3-6H,7-9H2,1-2H3,(H,14,16)(H,15,17). The third-order valence-electron chi connectivity index (χ3n) is 2.40. The lowest BCUT2D eigenvalue weighted by Crippen LogP contribution is -2.36. The van der Waals surface area contributed by atoms with Crippen LogP contribution >= 0.6 is 0 Å². The second-order valence-electron chi connectivity index (χ2n) is 3.85. The summed E-state index contributed by atoms with van der Waals surface area (Å²) in [6.45, 7) is 2.70. The van der Waals surface area contributed by atoms with Gasteiger partial charge in [0.15, 0.2) is 0 Å². The first-order valence-electron chi connectivity index (χ1n) is 5.74. The van der Waals surface area contributed by atoms with E-state index in [0.29, 0.717) is 18.7 Å². The Bertz CT molecular complexity index is 418. The maximum Gasteiger partial charge on any atom is 0.251 e. The third kappa shape index (κ3) is 4.55. The molecule has 1 rings (SSSR count). The highest BCUT2D eigenvalue weighted by molar-refractivity contribution is 5.95. The average molecular weight is 250 g/mol. The first-order valence-corrected chi connectivity index (χ1v) is 5.74. The SMILES string of the molecule is COCC(=O)NCCNC(=O)c1ccccc1C. The van der Waals surface area contributed by atoms with Gasteiger partial charge in [-0.2, -0.15) is 0 Å². The van der Waals surface area contributed by atoms with Gasteiger partial charge in [-0.3, -0.25) is 9.59 Å². The lowest BCUT2D eigenvalue weighted by molar-refractivity contribution is -0.124. The number of hydrogen-bond donors (Lipinski definition) is 2. The molecular formula is C13H18N2O3. The molecule has 1 aromatic rings. The Hall–Kier alpha value is -1.88. The van der Waals surface area contributed by atoms with Gasteiger partial charge >= 0.3 is 0 Å². The number of hydrogen-bond acceptors (Lipinski definition) is 3. The van der Waals surface area contributed by atoms with Crippen LogP contribution in [-0.4, -0.2) is 38.6 Å². The first kappa shape index (κ1) is 14.2. The van der Waals surface area contributed by atoms with Crippen LogP contribution in [0.15, 0.2) is 24.3 Å². The van der Waals surface area contributed by atoms with Crippen LogP contribution in [0, 0.1) is 6.92 Å². The number of methoxy groups -OCH3 is 1. The molecule has 5 heteroatoms. The van der Waals surface area contributed by atoms with Gasteiger partial charge < -0.3 is 15.4 Å². The molecule has 2 N–H and O–H groups in total. The molecule has 1 aromatic carbocycles.